The van der Waals surface area contributed by atoms with Gasteiger partial charge < -0.3 is 14.3 Å². The number of amides is 1. The van der Waals surface area contributed by atoms with Crippen LogP contribution < -0.4 is 9.64 Å². The van der Waals surface area contributed by atoms with Gasteiger partial charge in [-0.05, 0) is 18.2 Å². The van der Waals surface area contributed by atoms with Crippen molar-refractivity contribution in [1.82, 2.24) is 10.2 Å². The Labute approximate surface area is 157 Å². The number of para-hydroxylation sites is 1. The molecular formula is C18H13N3O5S. The summed E-state index contributed by atoms with van der Waals surface area (Å²) >= 11 is 1.12. The van der Waals surface area contributed by atoms with Crippen molar-refractivity contribution >= 4 is 28.2 Å². The Morgan fingerprint density at radius 2 is 2.11 bits per heavy atom. The molecule has 0 spiro atoms. The van der Waals surface area contributed by atoms with Gasteiger partial charge in [0.05, 0.1) is 18.9 Å². The van der Waals surface area contributed by atoms with Gasteiger partial charge in [0.1, 0.15) is 17.3 Å². The highest BCUT2D eigenvalue weighted by molar-refractivity contribution is 7.13. The first-order chi connectivity index (χ1) is 13.1. The number of carbonyl (C=O) groups excluding carboxylic acids is 2. The lowest BCUT2D eigenvalue weighted by atomic mass is 9.94. The van der Waals surface area contributed by atoms with Gasteiger partial charge in [-0.25, -0.2) is 0 Å². The van der Waals surface area contributed by atoms with Crippen LogP contribution in [0, 0.1) is 0 Å². The highest BCUT2D eigenvalue weighted by Crippen LogP contribution is 2.44. The first-order valence-electron chi connectivity index (χ1n) is 7.87. The number of rotatable bonds is 5. The number of aliphatic hydroxyl groups is 1. The van der Waals surface area contributed by atoms with Crippen molar-refractivity contribution in [3.8, 4) is 5.75 Å². The van der Waals surface area contributed by atoms with Crippen LogP contribution in [-0.4, -0.2) is 34.1 Å². The molecule has 1 aliphatic rings. The predicted molar refractivity (Wildman–Crippen MR) is 95.8 cm³/mol. The minimum absolute atomic E-state index is 0.0170. The number of furan rings is 1. The van der Waals surface area contributed by atoms with E-state index < -0.39 is 23.5 Å². The molecule has 1 N–H and O–H groups in total. The molecule has 8 nitrogen and oxygen atoms in total. The van der Waals surface area contributed by atoms with Crippen LogP contribution in [0.1, 0.15) is 22.2 Å². The van der Waals surface area contributed by atoms with Crippen molar-refractivity contribution in [2.75, 3.05) is 12.0 Å². The van der Waals surface area contributed by atoms with E-state index in [-0.39, 0.29) is 16.5 Å². The molecule has 1 aromatic carbocycles. The van der Waals surface area contributed by atoms with Crippen molar-refractivity contribution in [3.63, 3.8) is 0 Å². The third-order valence-corrected chi connectivity index (χ3v) is 4.87. The molecule has 0 bridgehead atoms. The van der Waals surface area contributed by atoms with Crippen LogP contribution >= 0.6 is 11.3 Å². The van der Waals surface area contributed by atoms with E-state index in [1.807, 2.05) is 0 Å². The van der Waals surface area contributed by atoms with E-state index in [4.69, 9.17) is 9.15 Å². The number of nitrogens with zero attached hydrogens (tertiary/aromatic N) is 3. The molecule has 4 rings (SSSR count). The maximum atomic E-state index is 13.0. The van der Waals surface area contributed by atoms with Gasteiger partial charge in [0.15, 0.2) is 11.5 Å². The summed E-state index contributed by atoms with van der Waals surface area (Å²) in [6.07, 6.45) is 1.35. The Morgan fingerprint density at radius 1 is 1.30 bits per heavy atom. The van der Waals surface area contributed by atoms with Crippen molar-refractivity contribution in [2.24, 2.45) is 0 Å². The van der Waals surface area contributed by atoms with Crippen molar-refractivity contribution in [3.05, 3.63) is 70.8 Å². The number of aromatic nitrogens is 2. The number of benzene rings is 1. The van der Waals surface area contributed by atoms with Crippen LogP contribution in [0.4, 0.5) is 5.13 Å². The number of aliphatic hydroxyl groups excluding tert-OH is 1. The van der Waals surface area contributed by atoms with Crippen molar-refractivity contribution in [2.45, 2.75) is 6.04 Å². The van der Waals surface area contributed by atoms with E-state index in [1.165, 1.54) is 29.8 Å². The number of hydrogen-bond donors (Lipinski definition) is 1. The first-order valence-corrected chi connectivity index (χ1v) is 8.75. The fourth-order valence-corrected chi connectivity index (χ4v) is 3.62. The minimum Gasteiger partial charge on any atom is -0.503 e. The van der Waals surface area contributed by atoms with E-state index in [2.05, 4.69) is 10.2 Å². The molecule has 0 saturated carbocycles. The monoisotopic (exact) mass is 383 g/mol. The average Bonchev–Trinajstić information content (AvgIpc) is 3.43. The normalized spacial score (nSPS) is 16.9. The molecule has 0 radical (unpaired) electrons. The van der Waals surface area contributed by atoms with E-state index in [0.29, 0.717) is 11.3 Å². The molecule has 0 aliphatic carbocycles. The largest absolute Gasteiger partial charge is 0.503 e. The van der Waals surface area contributed by atoms with Gasteiger partial charge in [-0.1, -0.05) is 29.5 Å². The molecule has 1 atom stereocenters. The quantitative estimate of drug-likeness (QED) is 0.675. The van der Waals surface area contributed by atoms with Gasteiger partial charge in [0.2, 0.25) is 10.9 Å². The maximum absolute atomic E-state index is 13.0. The number of anilines is 1. The van der Waals surface area contributed by atoms with Crippen LogP contribution in [0.5, 0.6) is 5.75 Å². The lowest BCUT2D eigenvalue weighted by molar-refractivity contribution is -0.117. The first kappa shape index (κ1) is 17.0. The molecule has 1 aliphatic heterocycles. The molecule has 0 fully saturated rings. The Bertz CT molecular complexity index is 1030. The average molecular weight is 383 g/mol. The molecule has 1 amide bonds. The van der Waals surface area contributed by atoms with Crippen molar-refractivity contribution in [1.29, 1.82) is 0 Å². The van der Waals surface area contributed by atoms with Gasteiger partial charge in [-0.2, -0.15) is 0 Å². The van der Waals surface area contributed by atoms with Crippen LogP contribution in [0.25, 0.3) is 0 Å². The molecule has 9 heteroatoms. The Morgan fingerprint density at radius 3 is 2.78 bits per heavy atom. The molecule has 2 aromatic heterocycles. The summed E-state index contributed by atoms with van der Waals surface area (Å²) in [5.41, 5.74) is 1.89. The molecule has 3 heterocycles. The lowest BCUT2D eigenvalue weighted by Crippen LogP contribution is -2.31. The molecule has 1 unspecified atom stereocenters. The van der Waals surface area contributed by atoms with E-state index in [0.717, 1.165) is 11.3 Å². The summed E-state index contributed by atoms with van der Waals surface area (Å²) in [6, 6.07) is 9.06. The second-order valence-corrected chi connectivity index (χ2v) is 6.42. The molecule has 136 valence electrons. The standard InChI is InChI=1S/C18H13N3O5S/c1-25-11-6-3-2-5-10(11)14-13(15(22)12-7-4-8-26-12)16(23)17(24)21(14)18-20-19-9-27-18/h2-9,14,23H,1H3. The SMILES string of the molecule is COc1ccccc1C1C(C(=O)c2ccco2)=C(O)C(=O)N1c1nncs1. The number of hydrogen-bond acceptors (Lipinski definition) is 8. The van der Waals surface area contributed by atoms with Crippen LogP contribution in [0.2, 0.25) is 0 Å². The van der Waals surface area contributed by atoms with E-state index >= 15 is 0 Å². The zero-order valence-corrected chi connectivity index (χ0v) is 14.8. The number of Topliss-reactive ketones (excluding diaryl/α,β-unsaturated/α-hetero) is 1. The van der Waals surface area contributed by atoms with Crippen LogP contribution in [-0.2, 0) is 4.79 Å². The van der Waals surface area contributed by atoms with Gasteiger partial charge in [-0.15, -0.1) is 10.2 Å². The number of ether oxygens (including phenoxy) is 1. The van der Waals surface area contributed by atoms with Crippen LogP contribution in [0.15, 0.2) is 63.9 Å². The third kappa shape index (κ3) is 2.68. The lowest BCUT2D eigenvalue weighted by Gasteiger charge is -2.25. The second kappa shape index (κ2) is 6.69. The zero-order chi connectivity index (χ0) is 19.0. The topological polar surface area (TPSA) is 106 Å². The fraction of sp³-hybridized carbons (Fsp3) is 0.111. The summed E-state index contributed by atoms with van der Waals surface area (Å²) in [5, 5.41) is 18.5. The van der Waals surface area contributed by atoms with E-state index in [1.54, 1.807) is 30.3 Å². The van der Waals surface area contributed by atoms with Gasteiger partial charge in [0, 0.05) is 5.56 Å². The Balaban J connectivity index is 1.92. The summed E-state index contributed by atoms with van der Waals surface area (Å²) < 4.78 is 10.6. The van der Waals surface area contributed by atoms with Crippen molar-refractivity contribution < 1.29 is 23.8 Å². The van der Waals surface area contributed by atoms with E-state index in [9.17, 15) is 14.7 Å². The van der Waals surface area contributed by atoms with Gasteiger partial charge in [-0.3, -0.25) is 14.5 Å². The van der Waals surface area contributed by atoms with Gasteiger partial charge >= 0.3 is 0 Å². The zero-order valence-electron chi connectivity index (χ0n) is 14.0. The summed E-state index contributed by atoms with van der Waals surface area (Å²) in [6.45, 7) is 0. The minimum atomic E-state index is -0.931. The molecule has 3 aromatic rings. The Kier molecular flexibility index (Phi) is 4.21. The number of ketones is 1. The number of carbonyl (C=O) groups is 2. The highest BCUT2D eigenvalue weighted by Gasteiger charge is 2.47. The maximum Gasteiger partial charge on any atom is 0.296 e. The molecule has 0 saturated heterocycles. The van der Waals surface area contributed by atoms with Gasteiger partial charge in [0.25, 0.3) is 5.91 Å². The highest BCUT2D eigenvalue weighted by atomic mass is 32.1. The summed E-state index contributed by atoms with van der Waals surface area (Å²) in [4.78, 5) is 27.0. The predicted octanol–water partition coefficient (Wildman–Crippen LogP) is 2.92. The number of methoxy groups -OCH3 is 1. The van der Waals surface area contributed by atoms with Crippen LogP contribution in [0.3, 0.4) is 0 Å². The second-order valence-electron chi connectivity index (χ2n) is 5.61. The smallest absolute Gasteiger partial charge is 0.296 e. The summed E-state index contributed by atoms with van der Waals surface area (Å²) in [7, 11) is 1.49. The Hall–Kier alpha value is -3.46. The fourth-order valence-electron chi connectivity index (χ4n) is 3.03. The molecular weight excluding hydrogens is 370 g/mol. The molecule has 27 heavy (non-hydrogen) atoms. The summed E-state index contributed by atoms with van der Waals surface area (Å²) in [5.74, 6) is -1.50. The third-order valence-electron chi connectivity index (χ3n) is 4.19.